The van der Waals surface area contributed by atoms with E-state index in [1.54, 1.807) is 49.0 Å². The van der Waals surface area contributed by atoms with Gasteiger partial charge in [0.15, 0.2) is 17.5 Å². The lowest BCUT2D eigenvalue weighted by Crippen LogP contribution is -3.17. The van der Waals surface area contributed by atoms with E-state index in [-0.39, 0.29) is 11.8 Å². The molecule has 1 aliphatic rings. The number of carbonyl (C=O) groups excluding carboxylic acids is 2. The lowest BCUT2D eigenvalue weighted by Gasteiger charge is -2.31. The quantitative estimate of drug-likeness (QED) is 0.347. The van der Waals surface area contributed by atoms with Gasteiger partial charge in [-0.3, -0.25) is 4.79 Å². The fraction of sp³-hybridized carbons (Fsp3) is 0.296. The van der Waals surface area contributed by atoms with Crippen LogP contribution in [-0.4, -0.2) is 56.2 Å². The highest BCUT2D eigenvalue weighted by atomic mass is 32.1. The summed E-state index contributed by atoms with van der Waals surface area (Å²) in [5, 5.41) is 25.1. The summed E-state index contributed by atoms with van der Waals surface area (Å²) in [5.41, 5.74) is 6.20. The van der Waals surface area contributed by atoms with E-state index in [1.165, 1.54) is 27.2 Å². The van der Waals surface area contributed by atoms with Gasteiger partial charge in [0.05, 0.1) is 27.3 Å². The number of piperidine rings is 1. The number of carboxylic acid groups (broad SMARTS) is 2. The second-order valence-electron chi connectivity index (χ2n) is 8.41. The Labute approximate surface area is 223 Å². The zero-order chi connectivity index (χ0) is 26.9. The minimum atomic E-state index is -2.07. The molecule has 0 bridgehead atoms. The number of rotatable bonds is 7. The summed E-state index contributed by atoms with van der Waals surface area (Å²) in [6, 6.07) is 9.77. The number of ether oxygens (including phenoxy) is 2. The number of likely N-dealkylation sites (tertiary alicyclic amines) is 1. The van der Waals surface area contributed by atoms with E-state index in [0.29, 0.717) is 17.1 Å². The zero-order valence-corrected chi connectivity index (χ0v) is 22.4. The third kappa shape index (κ3) is 7.06. The number of Topliss-reactive ketones (excluding diaryl/α,β-unsaturated/α-hetero) is 1. The molecular formula is C27H29NO7S2. The highest BCUT2D eigenvalue weighted by molar-refractivity contribution is 7.08. The molecule has 4 rings (SSSR count). The molecule has 0 saturated carbocycles. The molecule has 3 heterocycles. The van der Waals surface area contributed by atoms with Gasteiger partial charge in [0, 0.05) is 18.4 Å². The van der Waals surface area contributed by atoms with Crippen LogP contribution in [0.1, 0.15) is 41.3 Å². The molecule has 1 unspecified atom stereocenters. The maximum absolute atomic E-state index is 13.2. The molecule has 2 aromatic heterocycles. The molecular weight excluding hydrogens is 514 g/mol. The van der Waals surface area contributed by atoms with Crippen LogP contribution in [0.4, 0.5) is 0 Å². The number of carbonyl (C=O) groups is 3. The summed E-state index contributed by atoms with van der Waals surface area (Å²) in [6.45, 7) is 3.97. The predicted octanol–water partition coefficient (Wildman–Crippen LogP) is 2.40. The summed E-state index contributed by atoms with van der Waals surface area (Å²) in [5.74, 6) is -2.62. The van der Waals surface area contributed by atoms with Crippen molar-refractivity contribution in [2.45, 2.75) is 25.8 Å². The van der Waals surface area contributed by atoms with E-state index in [2.05, 4.69) is 33.7 Å². The number of benzene rings is 1. The van der Waals surface area contributed by atoms with E-state index < -0.39 is 11.9 Å². The van der Waals surface area contributed by atoms with Crippen LogP contribution >= 0.6 is 22.7 Å². The van der Waals surface area contributed by atoms with Crippen LogP contribution in [0.15, 0.2) is 57.4 Å². The lowest BCUT2D eigenvalue weighted by atomic mass is 9.90. The minimum absolute atomic E-state index is 0.0922. The van der Waals surface area contributed by atoms with Crippen molar-refractivity contribution in [1.29, 1.82) is 0 Å². The zero-order valence-electron chi connectivity index (χ0n) is 20.8. The first-order chi connectivity index (χ1) is 17.8. The van der Waals surface area contributed by atoms with E-state index in [9.17, 15) is 4.79 Å². The normalized spacial score (nSPS) is 15.6. The summed E-state index contributed by atoms with van der Waals surface area (Å²) in [7, 11) is 3.20. The molecule has 3 aromatic rings. The molecule has 196 valence electrons. The predicted molar refractivity (Wildman–Crippen MR) is 141 cm³/mol. The first kappa shape index (κ1) is 28.1. The molecule has 2 N–H and O–H groups in total. The smallest absolute Gasteiger partial charge is 0.351 e. The molecule has 8 nitrogen and oxygen atoms in total. The Morgan fingerprint density at radius 3 is 1.89 bits per heavy atom. The minimum Gasteiger partial charge on any atom is -0.539 e. The van der Waals surface area contributed by atoms with Crippen molar-refractivity contribution in [2.75, 3.05) is 27.3 Å². The Hall–Kier alpha value is -3.47. The van der Waals surface area contributed by atoms with Crippen molar-refractivity contribution in [3.05, 3.63) is 74.1 Å². The van der Waals surface area contributed by atoms with Crippen LogP contribution in [0.3, 0.4) is 0 Å². The summed E-state index contributed by atoms with van der Waals surface area (Å²) < 4.78 is 10.7. The van der Waals surface area contributed by atoms with Gasteiger partial charge in [-0.2, -0.15) is 22.7 Å². The average Bonchev–Trinajstić information content (AvgIpc) is 3.64. The Morgan fingerprint density at radius 1 is 0.919 bits per heavy atom. The standard InChI is InChI=1S/C25H27NO3S2.C2H2O4/c1-17(25(27)19-4-5-22(28-2)23(14-19)29-3)26-10-6-18(7-11-26)24(20-8-12-30-15-20)21-9-13-31-16-21;3-1(4)2(5)6/h4-5,8-9,12-17H,6-7,10-11H2,1-3H3;(H,3,4)(H,5,6). The van der Waals surface area contributed by atoms with E-state index in [0.717, 1.165) is 25.9 Å². The molecule has 0 amide bonds. The van der Waals surface area contributed by atoms with Crippen LogP contribution in [0.5, 0.6) is 11.5 Å². The fourth-order valence-electron chi connectivity index (χ4n) is 4.37. The van der Waals surface area contributed by atoms with Gasteiger partial charge in [-0.05, 0) is 75.5 Å². The van der Waals surface area contributed by atoms with Crippen molar-refractivity contribution in [3.63, 3.8) is 0 Å². The molecule has 37 heavy (non-hydrogen) atoms. The third-order valence-electron chi connectivity index (χ3n) is 6.32. The first-order valence-corrected chi connectivity index (χ1v) is 13.5. The maximum atomic E-state index is 13.2. The van der Waals surface area contributed by atoms with Crippen LogP contribution < -0.4 is 19.5 Å². The second-order valence-corrected chi connectivity index (χ2v) is 9.97. The topological polar surface area (TPSA) is 117 Å². The van der Waals surface area contributed by atoms with Crippen LogP contribution in [0.25, 0.3) is 5.57 Å². The van der Waals surface area contributed by atoms with Crippen LogP contribution in [0.2, 0.25) is 0 Å². The van der Waals surface area contributed by atoms with Crippen LogP contribution in [-0.2, 0) is 9.59 Å². The molecule has 0 spiro atoms. The largest absolute Gasteiger partial charge is 0.539 e. The number of aliphatic carboxylic acids is 2. The molecule has 1 atom stereocenters. The van der Waals surface area contributed by atoms with E-state index >= 15 is 0 Å². The maximum Gasteiger partial charge on any atom is 0.351 e. The van der Waals surface area contributed by atoms with Gasteiger partial charge in [-0.1, -0.05) is 5.57 Å². The van der Waals surface area contributed by atoms with Crippen molar-refractivity contribution in [3.8, 4) is 11.5 Å². The molecule has 1 saturated heterocycles. The number of thiophene rings is 2. The second kappa shape index (κ2) is 13.2. The molecule has 10 heteroatoms. The van der Waals surface area contributed by atoms with Gasteiger partial charge in [0.25, 0.3) is 0 Å². The van der Waals surface area contributed by atoms with Crippen molar-refractivity contribution < 1.29 is 39.0 Å². The third-order valence-corrected chi connectivity index (χ3v) is 7.68. The van der Waals surface area contributed by atoms with Crippen molar-refractivity contribution in [1.82, 2.24) is 0 Å². The van der Waals surface area contributed by atoms with Gasteiger partial charge < -0.3 is 29.4 Å². The van der Waals surface area contributed by atoms with Crippen molar-refractivity contribution >= 4 is 46.0 Å². The summed E-state index contributed by atoms with van der Waals surface area (Å²) in [4.78, 5) is 32.5. The monoisotopic (exact) mass is 543 g/mol. The molecule has 1 aromatic carbocycles. The number of nitrogens with one attached hydrogen (secondary N) is 1. The number of carboxylic acids is 2. The highest BCUT2D eigenvalue weighted by Gasteiger charge is 2.30. The van der Waals surface area contributed by atoms with Gasteiger partial charge >= 0.3 is 5.97 Å². The van der Waals surface area contributed by atoms with Gasteiger partial charge in [-0.15, -0.1) is 0 Å². The average molecular weight is 544 g/mol. The van der Waals surface area contributed by atoms with Crippen LogP contribution in [0, 0.1) is 0 Å². The Bertz CT molecular complexity index is 1190. The van der Waals surface area contributed by atoms with Crippen molar-refractivity contribution in [2.24, 2.45) is 0 Å². The highest BCUT2D eigenvalue weighted by Crippen LogP contribution is 2.33. The molecule has 0 aliphatic carbocycles. The first-order valence-electron chi connectivity index (χ1n) is 11.6. The number of methoxy groups -OCH3 is 2. The Kier molecular flexibility index (Phi) is 10.0. The van der Waals surface area contributed by atoms with Gasteiger partial charge in [-0.25, -0.2) is 4.79 Å². The number of hydrogen-bond donors (Lipinski definition) is 2. The number of hydrogen-bond acceptors (Lipinski definition) is 8. The number of ketones is 1. The lowest BCUT2D eigenvalue weighted by molar-refractivity contribution is -0.916. The van der Waals surface area contributed by atoms with Gasteiger partial charge in [0.2, 0.25) is 5.78 Å². The summed E-state index contributed by atoms with van der Waals surface area (Å²) >= 11 is 3.48. The van der Waals surface area contributed by atoms with E-state index in [1.807, 2.05) is 13.0 Å². The SMILES string of the molecule is COc1ccc(C(=O)C(C)[NH+]2CCC(=C(c3ccsc3)c3ccsc3)CC2)cc1OC.O=C([O-])C(=O)O. The van der Waals surface area contributed by atoms with E-state index in [4.69, 9.17) is 29.3 Å². The molecule has 1 aliphatic heterocycles. The molecule has 0 radical (unpaired) electrons. The molecule has 1 fully saturated rings. The summed E-state index contributed by atoms with van der Waals surface area (Å²) in [6.07, 6.45) is 2.03. The van der Waals surface area contributed by atoms with Gasteiger partial charge in [0.1, 0.15) is 6.04 Å². The fourth-order valence-corrected chi connectivity index (χ4v) is 5.66. The number of quaternary nitrogens is 1. The Balaban J connectivity index is 0.000000568. The Morgan fingerprint density at radius 2 is 1.46 bits per heavy atom.